The van der Waals surface area contributed by atoms with Crippen LogP contribution >= 0.6 is 0 Å². The maximum Gasteiger partial charge on any atom is 0.291 e. The van der Waals surface area contributed by atoms with Crippen LogP contribution in [0.2, 0.25) is 0 Å². The highest BCUT2D eigenvalue weighted by Gasteiger charge is 2.28. The van der Waals surface area contributed by atoms with Crippen LogP contribution in [0.25, 0.3) is 0 Å². The van der Waals surface area contributed by atoms with Crippen LogP contribution in [-0.2, 0) is 9.59 Å². The van der Waals surface area contributed by atoms with Gasteiger partial charge in [-0.2, -0.15) is 0 Å². The number of furan rings is 1. The SMILES string of the molecule is CC(C)[C@H](NC(=O)C1CCCCC1)C(=O)Nc1cccc(NC(=O)c2ccco2)c1. The molecule has 1 atom stereocenters. The molecule has 1 heterocycles. The zero-order chi connectivity index (χ0) is 21.5. The predicted octanol–water partition coefficient (Wildman–Crippen LogP) is 4.19. The molecule has 1 aromatic heterocycles. The molecule has 1 saturated carbocycles. The molecule has 30 heavy (non-hydrogen) atoms. The molecule has 1 aliphatic rings. The number of nitrogens with one attached hydrogen (secondary N) is 3. The van der Waals surface area contributed by atoms with Crippen LogP contribution in [0.3, 0.4) is 0 Å². The third kappa shape index (κ3) is 5.72. The molecule has 3 N–H and O–H groups in total. The van der Waals surface area contributed by atoms with E-state index in [1.165, 1.54) is 12.7 Å². The Hall–Kier alpha value is -3.09. The normalized spacial score (nSPS) is 15.4. The number of benzene rings is 1. The monoisotopic (exact) mass is 411 g/mol. The molecule has 0 unspecified atom stereocenters. The lowest BCUT2D eigenvalue weighted by Crippen LogP contribution is -2.49. The summed E-state index contributed by atoms with van der Waals surface area (Å²) in [5.74, 6) is -0.544. The van der Waals surface area contributed by atoms with E-state index in [4.69, 9.17) is 4.42 Å². The van der Waals surface area contributed by atoms with E-state index in [0.29, 0.717) is 11.4 Å². The second-order valence-corrected chi connectivity index (χ2v) is 8.07. The molecule has 1 aliphatic carbocycles. The third-order valence-corrected chi connectivity index (χ3v) is 5.36. The van der Waals surface area contributed by atoms with Gasteiger partial charge in [-0.1, -0.05) is 39.2 Å². The first kappa shape index (κ1) is 21.6. The quantitative estimate of drug-likeness (QED) is 0.636. The van der Waals surface area contributed by atoms with Crippen molar-refractivity contribution in [1.29, 1.82) is 0 Å². The maximum atomic E-state index is 12.9. The summed E-state index contributed by atoms with van der Waals surface area (Å²) in [6.45, 7) is 3.82. The number of carbonyl (C=O) groups excluding carboxylic acids is 3. The lowest BCUT2D eigenvalue weighted by Gasteiger charge is -2.26. The first-order chi connectivity index (χ1) is 14.4. The van der Waals surface area contributed by atoms with Gasteiger partial charge < -0.3 is 20.4 Å². The molecule has 0 radical (unpaired) electrons. The number of amides is 3. The van der Waals surface area contributed by atoms with Crippen molar-refractivity contribution in [2.24, 2.45) is 11.8 Å². The summed E-state index contributed by atoms with van der Waals surface area (Å²) in [5, 5.41) is 8.52. The average Bonchev–Trinajstić information content (AvgIpc) is 3.27. The molecule has 7 heteroatoms. The van der Waals surface area contributed by atoms with Crippen LogP contribution in [0.1, 0.15) is 56.5 Å². The van der Waals surface area contributed by atoms with E-state index < -0.39 is 6.04 Å². The molecular weight excluding hydrogens is 382 g/mol. The standard InChI is InChI=1S/C23H29N3O4/c1-15(2)20(26-21(27)16-8-4-3-5-9-16)23(29)25-18-11-6-10-17(14-18)24-22(28)19-12-7-13-30-19/h6-7,10-16,20H,3-5,8-9H2,1-2H3,(H,24,28)(H,25,29)(H,26,27)/t20-/m0/s1. The molecule has 3 amide bonds. The van der Waals surface area contributed by atoms with Crippen molar-refractivity contribution in [3.63, 3.8) is 0 Å². The Morgan fingerprint density at radius 1 is 0.967 bits per heavy atom. The molecule has 1 aromatic carbocycles. The van der Waals surface area contributed by atoms with E-state index >= 15 is 0 Å². The van der Waals surface area contributed by atoms with Crippen LogP contribution in [0.4, 0.5) is 11.4 Å². The molecule has 0 aliphatic heterocycles. The summed E-state index contributed by atoms with van der Waals surface area (Å²) in [4.78, 5) is 37.6. The Balaban J connectivity index is 1.62. The first-order valence-corrected chi connectivity index (χ1v) is 10.5. The summed E-state index contributed by atoms with van der Waals surface area (Å²) >= 11 is 0. The average molecular weight is 412 g/mol. The van der Waals surface area contributed by atoms with E-state index in [1.807, 2.05) is 13.8 Å². The summed E-state index contributed by atoms with van der Waals surface area (Å²) in [6.07, 6.45) is 6.50. The third-order valence-electron chi connectivity index (χ3n) is 5.36. The van der Waals surface area contributed by atoms with E-state index in [1.54, 1.807) is 36.4 Å². The van der Waals surface area contributed by atoms with Gasteiger partial charge in [0.05, 0.1) is 6.26 Å². The fourth-order valence-electron chi connectivity index (χ4n) is 3.67. The van der Waals surface area contributed by atoms with Gasteiger partial charge in [-0.3, -0.25) is 14.4 Å². The van der Waals surface area contributed by atoms with E-state index in [9.17, 15) is 14.4 Å². The number of hydrogen-bond acceptors (Lipinski definition) is 4. The van der Waals surface area contributed by atoms with Crippen LogP contribution in [0, 0.1) is 11.8 Å². The molecule has 7 nitrogen and oxygen atoms in total. The molecule has 160 valence electrons. The first-order valence-electron chi connectivity index (χ1n) is 10.5. The molecule has 2 aromatic rings. The van der Waals surface area contributed by atoms with Crippen molar-refractivity contribution in [1.82, 2.24) is 5.32 Å². The van der Waals surface area contributed by atoms with Crippen LogP contribution in [0.5, 0.6) is 0 Å². The van der Waals surface area contributed by atoms with Crippen LogP contribution in [0.15, 0.2) is 47.1 Å². The summed E-state index contributed by atoms with van der Waals surface area (Å²) < 4.78 is 5.09. The minimum atomic E-state index is -0.624. The molecule has 0 spiro atoms. The molecule has 0 saturated heterocycles. The van der Waals surface area contributed by atoms with Crippen molar-refractivity contribution >= 4 is 29.1 Å². The Bertz CT molecular complexity index is 870. The highest BCUT2D eigenvalue weighted by Crippen LogP contribution is 2.24. The van der Waals surface area contributed by atoms with Gasteiger partial charge in [-0.25, -0.2) is 0 Å². The van der Waals surface area contributed by atoms with Gasteiger partial charge in [0, 0.05) is 17.3 Å². The number of rotatable bonds is 7. The second-order valence-electron chi connectivity index (χ2n) is 8.07. The summed E-state index contributed by atoms with van der Waals surface area (Å²) in [7, 11) is 0. The Morgan fingerprint density at radius 3 is 2.30 bits per heavy atom. The van der Waals surface area contributed by atoms with Crippen molar-refractivity contribution in [3.05, 3.63) is 48.4 Å². The van der Waals surface area contributed by atoms with E-state index in [0.717, 1.165) is 25.7 Å². The lowest BCUT2D eigenvalue weighted by atomic mass is 9.88. The fourth-order valence-corrected chi connectivity index (χ4v) is 3.67. The van der Waals surface area contributed by atoms with Crippen LogP contribution < -0.4 is 16.0 Å². The van der Waals surface area contributed by atoms with Gasteiger partial charge in [-0.15, -0.1) is 0 Å². The van der Waals surface area contributed by atoms with E-state index in [2.05, 4.69) is 16.0 Å². The number of hydrogen-bond donors (Lipinski definition) is 3. The van der Waals surface area contributed by atoms with Crippen LogP contribution in [-0.4, -0.2) is 23.8 Å². The number of carbonyl (C=O) groups is 3. The highest BCUT2D eigenvalue weighted by molar-refractivity contribution is 6.03. The minimum Gasteiger partial charge on any atom is -0.459 e. The summed E-state index contributed by atoms with van der Waals surface area (Å²) in [5.41, 5.74) is 1.07. The lowest BCUT2D eigenvalue weighted by molar-refractivity contribution is -0.130. The second kappa shape index (κ2) is 10.1. The molecule has 1 fully saturated rings. The molecular formula is C23H29N3O4. The highest BCUT2D eigenvalue weighted by atomic mass is 16.3. The topological polar surface area (TPSA) is 100 Å². The zero-order valence-corrected chi connectivity index (χ0v) is 17.4. The van der Waals surface area contributed by atoms with Crippen molar-refractivity contribution in [3.8, 4) is 0 Å². The van der Waals surface area contributed by atoms with Gasteiger partial charge in [0.1, 0.15) is 6.04 Å². The van der Waals surface area contributed by atoms with Gasteiger partial charge in [0.15, 0.2) is 5.76 Å². The van der Waals surface area contributed by atoms with Gasteiger partial charge in [-0.05, 0) is 49.1 Å². The zero-order valence-electron chi connectivity index (χ0n) is 17.4. The van der Waals surface area contributed by atoms with Crippen molar-refractivity contribution in [2.75, 3.05) is 10.6 Å². The van der Waals surface area contributed by atoms with Gasteiger partial charge in [0.2, 0.25) is 11.8 Å². The maximum absolute atomic E-state index is 12.9. The Labute approximate surface area is 176 Å². The Kier molecular flexibility index (Phi) is 7.27. The van der Waals surface area contributed by atoms with Gasteiger partial charge >= 0.3 is 0 Å². The van der Waals surface area contributed by atoms with Crippen molar-refractivity contribution in [2.45, 2.75) is 52.0 Å². The molecule has 0 bridgehead atoms. The van der Waals surface area contributed by atoms with Crippen molar-refractivity contribution < 1.29 is 18.8 Å². The fraction of sp³-hybridized carbons (Fsp3) is 0.435. The largest absolute Gasteiger partial charge is 0.459 e. The predicted molar refractivity (Wildman–Crippen MR) is 115 cm³/mol. The molecule has 3 rings (SSSR count). The smallest absolute Gasteiger partial charge is 0.291 e. The Morgan fingerprint density at radius 2 is 1.67 bits per heavy atom. The minimum absolute atomic E-state index is 0.00654. The van der Waals surface area contributed by atoms with E-state index in [-0.39, 0.29) is 35.3 Å². The number of anilines is 2. The summed E-state index contributed by atoms with van der Waals surface area (Å²) in [6, 6.07) is 9.45. The van der Waals surface area contributed by atoms with Gasteiger partial charge in [0.25, 0.3) is 5.91 Å².